The van der Waals surface area contributed by atoms with Gasteiger partial charge in [0.2, 0.25) is 11.8 Å². The molecule has 1 aliphatic heterocycles. The van der Waals surface area contributed by atoms with Crippen molar-refractivity contribution in [3.05, 3.63) is 65.5 Å². The van der Waals surface area contributed by atoms with Crippen LogP contribution in [0.3, 0.4) is 0 Å². The summed E-state index contributed by atoms with van der Waals surface area (Å²) >= 11 is 0. The molecule has 1 aliphatic rings. The molecule has 3 aromatic rings. The van der Waals surface area contributed by atoms with E-state index in [0.717, 1.165) is 35.5 Å². The fourth-order valence-corrected chi connectivity index (χ4v) is 4.03. The average molecular weight is 406 g/mol. The van der Waals surface area contributed by atoms with Gasteiger partial charge in [0.1, 0.15) is 17.3 Å². The van der Waals surface area contributed by atoms with E-state index in [1.54, 1.807) is 14.2 Å². The number of hydrogen-bond donors (Lipinski definition) is 0. The van der Waals surface area contributed by atoms with Crippen LogP contribution in [0.4, 0.5) is 0 Å². The van der Waals surface area contributed by atoms with Crippen molar-refractivity contribution in [3.63, 3.8) is 0 Å². The Kier molecular flexibility index (Phi) is 5.74. The zero-order chi connectivity index (χ0) is 21.1. The van der Waals surface area contributed by atoms with Gasteiger partial charge in [-0.3, -0.25) is 4.79 Å². The lowest BCUT2D eigenvalue weighted by Crippen LogP contribution is -2.32. The first kappa shape index (κ1) is 20.0. The Balaban J connectivity index is 1.56. The molecule has 2 aromatic carbocycles. The topological polar surface area (TPSA) is 64.8 Å². The second-order valence-electron chi connectivity index (χ2n) is 7.42. The number of benzene rings is 2. The molecule has 6 nitrogen and oxygen atoms in total. The van der Waals surface area contributed by atoms with Crippen LogP contribution in [0, 0.1) is 6.92 Å². The third-order valence-corrected chi connectivity index (χ3v) is 5.60. The third kappa shape index (κ3) is 3.90. The van der Waals surface area contributed by atoms with E-state index in [-0.39, 0.29) is 18.4 Å². The Morgan fingerprint density at radius 3 is 2.70 bits per heavy atom. The summed E-state index contributed by atoms with van der Waals surface area (Å²) in [7, 11) is 3.29. The van der Waals surface area contributed by atoms with Crippen LogP contribution >= 0.6 is 0 Å². The smallest absolute Gasteiger partial charge is 0.229 e. The zero-order valence-electron chi connectivity index (χ0n) is 17.6. The first-order valence-corrected chi connectivity index (χ1v) is 10.1. The number of hydrogen-bond acceptors (Lipinski definition) is 5. The summed E-state index contributed by atoms with van der Waals surface area (Å²) < 4.78 is 16.8. The van der Waals surface area contributed by atoms with Gasteiger partial charge >= 0.3 is 0 Å². The average Bonchev–Trinajstić information content (AvgIpc) is 3.41. The minimum absolute atomic E-state index is 0.0386. The lowest BCUT2D eigenvalue weighted by atomic mass is 10.0. The van der Waals surface area contributed by atoms with Gasteiger partial charge in [0.25, 0.3) is 0 Å². The van der Waals surface area contributed by atoms with Crippen LogP contribution in [0.2, 0.25) is 0 Å². The van der Waals surface area contributed by atoms with Crippen molar-refractivity contribution in [2.75, 3.05) is 20.8 Å². The maximum absolute atomic E-state index is 13.2. The molecule has 0 bridgehead atoms. The highest BCUT2D eigenvalue weighted by Gasteiger charge is 2.33. The number of likely N-dealkylation sites (tertiary alicyclic amines) is 1. The van der Waals surface area contributed by atoms with Gasteiger partial charge in [0.05, 0.1) is 32.4 Å². The van der Waals surface area contributed by atoms with Crippen LogP contribution in [-0.2, 0) is 11.2 Å². The summed E-state index contributed by atoms with van der Waals surface area (Å²) in [5.41, 5.74) is 2.56. The second-order valence-corrected chi connectivity index (χ2v) is 7.42. The number of nitrogens with zero attached hydrogens (tertiary/aromatic N) is 2. The highest BCUT2D eigenvalue weighted by molar-refractivity contribution is 5.79. The fraction of sp³-hybridized carbons (Fsp3) is 0.333. The van der Waals surface area contributed by atoms with Crippen LogP contribution in [0.25, 0.3) is 11.5 Å². The van der Waals surface area contributed by atoms with E-state index in [1.807, 2.05) is 60.4 Å². The van der Waals surface area contributed by atoms with Gasteiger partial charge < -0.3 is 18.8 Å². The van der Waals surface area contributed by atoms with Crippen LogP contribution in [0.1, 0.15) is 35.9 Å². The Morgan fingerprint density at radius 2 is 1.97 bits per heavy atom. The van der Waals surface area contributed by atoms with Crippen molar-refractivity contribution in [3.8, 4) is 23.0 Å². The molecular formula is C24H26N2O4. The van der Waals surface area contributed by atoms with Crippen molar-refractivity contribution >= 4 is 5.91 Å². The van der Waals surface area contributed by atoms with Gasteiger partial charge in [-0.2, -0.15) is 0 Å². The molecule has 2 heterocycles. The number of oxazole rings is 1. The Bertz CT molecular complexity index is 1030. The van der Waals surface area contributed by atoms with Crippen LogP contribution in [-0.4, -0.2) is 36.6 Å². The monoisotopic (exact) mass is 406 g/mol. The van der Waals surface area contributed by atoms with Gasteiger partial charge in [-0.15, -0.1) is 0 Å². The molecule has 1 saturated heterocycles. The molecule has 1 aromatic heterocycles. The summed E-state index contributed by atoms with van der Waals surface area (Å²) in [5, 5.41) is 0. The van der Waals surface area contributed by atoms with Crippen LogP contribution in [0.15, 0.2) is 52.9 Å². The molecule has 0 spiro atoms. The molecule has 1 amide bonds. The summed E-state index contributed by atoms with van der Waals surface area (Å²) in [6.07, 6.45) is 2.05. The molecule has 0 N–H and O–H groups in total. The highest BCUT2D eigenvalue weighted by atomic mass is 16.5. The zero-order valence-corrected chi connectivity index (χ0v) is 17.6. The SMILES string of the molecule is COc1ccc(OC)c(C2CCCN2C(=O)Cc2nc(-c3ccccc3)oc2C)c1. The number of amides is 1. The maximum Gasteiger partial charge on any atom is 0.229 e. The van der Waals surface area contributed by atoms with E-state index in [4.69, 9.17) is 13.9 Å². The molecule has 0 saturated carbocycles. The molecule has 156 valence electrons. The molecule has 1 atom stereocenters. The van der Waals surface area contributed by atoms with Crippen molar-refractivity contribution in [1.82, 2.24) is 9.88 Å². The van der Waals surface area contributed by atoms with Crippen molar-refractivity contribution in [1.29, 1.82) is 0 Å². The maximum atomic E-state index is 13.2. The summed E-state index contributed by atoms with van der Waals surface area (Å²) in [6.45, 7) is 2.57. The number of aromatic nitrogens is 1. The van der Waals surface area contributed by atoms with E-state index in [9.17, 15) is 4.79 Å². The Morgan fingerprint density at radius 1 is 1.17 bits per heavy atom. The van der Waals surface area contributed by atoms with E-state index < -0.39 is 0 Å². The predicted octanol–water partition coefficient (Wildman–Crippen LogP) is 4.57. The molecular weight excluding hydrogens is 380 g/mol. The molecule has 1 fully saturated rings. The molecule has 6 heteroatoms. The quantitative estimate of drug-likeness (QED) is 0.600. The minimum atomic E-state index is -0.0386. The van der Waals surface area contributed by atoms with E-state index >= 15 is 0 Å². The lowest BCUT2D eigenvalue weighted by Gasteiger charge is -2.26. The number of carbonyl (C=O) groups is 1. The van der Waals surface area contributed by atoms with Gasteiger partial charge in [-0.1, -0.05) is 18.2 Å². The Hall–Kier alpha value is -3.28. The summed E-state index contributed by atoms with van der Waals surface area (Å²) in [5.74, 6) is 2.79. The van der Waals surface area contributed by atoms with Gasteiger partial charge in [-0.25, -0.2) is 4.98 Å². The normalized spacial score (nSPS) is 16.0. The molecule has 4 rings (SSSR count). The largest absolute Gasteiger partial charge is 0.497 e. The predicted molar refractivity (Wildman–Crippen MR) is 114 cm³/mol. The van der Waals surface area contributed by atoms with Crippen LogP contribution < -0.4 is 9.47 Å². The standard InChI is InChI=1S/C24H26N2O4/c1-16-20(25-24(30-16)17-8-5-4-6-9-17)15-23(27)26-13-7-10-21(26)19-14-18(28-2)11-12-22(19)29-3/h4-6,8-9,11-12,14,21H,7,10,13,15H2,1-3H3. The lowest BCUT2D eigenvalue weighted by molar-refractivity contribution is -0.131. The first-order valence-electron chi connectivity index (χ1n) is 10.1. The summed E-state index contributed by atoms with van der Waals surface area (Å²) in [4.78, 5) is 19.7. The van der Waals surface area contributed by atoms with E-state index in [0.29, 0.717) is 23.9 Å². The van der Waals surface area contributed by atoms with E-state index in [1.165, 1.54) is 0 Å². The van der Waals surface area contributed by atoms with Gasteiger partial charge in [0, 0.05) is 17.7 Å². The third-order valence-electron chi connectivity index (χ3n) is 5.60. The molecule has 1 unspecified atom stereocenters. The molecule has 0 aliphatic carbocycles. The minimum Gasteiger partial charge on any atom is -0.497 e. The van der Waals surface area contributed by atoms with Crippen molar-refractivity contribution in [2.24, 2.45) is 0 Å². The second kappa shape index (κ2) is 8.61. The molecule has 0 radical (unpaired) electrons. The number of aryl methyl sites for hydroxylation is 1. The van der Waals surface area contributed by atoms with Crippen molar-refractivity contribution in [2.45, 2.75) is 32.2 Å². The first-order chi connectivity index (χ1) is 14.6. The molecule has 30 heavy (non-hydrogen) atoms. The van der Waals surface area contributed by atoms with E-state index in [2.05, 4.69) is 4.98 Å². The fourth-order valence-electron chi connectivity index (χ4n) is 4.03. The van der Waals surface area contributed by atoms with Gasteiger partial charge in [-0.05, 0) is 50.1 Å². The number of methoxy groups -OCH3 is 2. The van der Waals surface area contributed by atoms with Crippen molar-refractivity contribution < 1.29 is 18.7 Å². The van der Waals surface area contributed by atoms with Crippen LogP contribution in [0.5, 0.6) is 11.5 Å². The number of carbonyl (C=O) groups excluding carboxylic acids is 1. The number of rotatable bonds is 6. The highest BCUT2D eigenvalue weighted by Crippen LogP contribution is 2.39. The van der Waals surface area contributed by atoms with Gasteiger partial charge in [0.15, 0.2) is 0 Å². The number of ether oxygens (including phenoxy) is 2. The Labute approximate surface area is 176 Å². The summed E-state index contributed by atoms with van der Waals surface area (Å²) in [6, 6.07) is 15.4.